The van der Waals surface area contributed by atoms with E-state index >= 15 is 0 Å². The van der Waals surface area contributed by atoms with E-state index in [0.717, 1.165) is 0 Å². The predicted octanol–water partition coefficient (Wildman–Crippen LogP) is 2.68. The molecule has 0 saturated heterocycles. The van der Waals surface area contributed by atoms with E-state index in [1.807, 2.05) is 13.8 Å². The number of carbonyl (C=O) groups is 1. The minimum atomic E-state index is -0.652. The van der Waals surface area contributed by atoms with Crippen molar-refractivity contribution < 1.29 is 9.53 Å². The zero-order valence-electron chi connectivity index (χ0n) is 12.7. The first-order valence-electron chi connectivity index (χ1n) is 6.78. The van der Waals surface area contributed by atoms with Gasteiger partial charge in [-0.2, -0.15) is 0 Å². The smallest absolute Gasteiger partial charge is 0.313 e. The highest BCUT2D eigenvalue weighted by molar-refractivity contribution is 5.77. The van der Waals surface area contributed by atoms with E-state index in [-0.39, 0.29) is 5.97 Å². The Labute approximate surface area is 116 Å². The Hall–Kier alpha value is -1.35. The van der Waals surface area contributed by atoms with E-state index < -0.39 is 5.41 Å². The molecule has 0 bridgehead atoms. The highest BCUT2D eigenvalue weighted by Gasteiger charge is 2.34. The zero-order valence-corrected chi connectivity index (χ0v) is 12.7. The summed E-state index contributed by atoms with van der Waals surface area (Å²) in [6, 6.07) is 4.29. The number of ether oxygens (including phenoxy) is 1. The molecule has 0 radical (unpaired) electrons. The second kappa shape index (κ2) is 6.20. The lowest BCUT2D eigenvalue weighted by atomic mass is 9.80. The van der Waals surface area contributed by atoms with Crippen LogP contribution in [0.4, 0.5) is 0 Å². The number of benzene rings is 1. The average Bonchev–Trinajstić information content (AvgIpc) is 2.33. The van der Waals surface area contributed by atoms with Crippen LogP contribution >= 0.6 is 0 Å². The third-order valence-electron chi connectivity index (χ3n) is 3.63. The second-order valence-corrected chi connectivity index (χ2v) is 5.54. The van der Waals surface area contributed by atoms with Crippen LogP contribution < -0.4 is 5.73 Å². The molecule has 1 rings (SSSR count). The van der Waals surface area contributed by atoms with Gasteiger partial charge in [-0.05, 0) is 57.7 Å². The van der Waals surface area contributed by atoms with Gasteiger partial charge in [-0.15, -0.1) is 0 Å². The van der Waals surface area contributed by atoms with Gasteiger partial charge in [0.25, 0.3) is 0 Å². The summed E-state index contributed by atoms with van der Waals surface area (Å²) in [6.45, 7) is 10.6. The first-order valence-corrected chi connectivity index (χ1v) is 6.78. The summed E-state index contributed by atoms with van der Waals surface area (Å²) in [5.74, 6) is -0.211. The number of nitrogens with two attached hydrogens (primary N) is 1. The Morgan fingerprint density at radius 3 is 2.21 bits per heavy atom. The largest absolute Gasteiger partial charge is 0.466 e. The van der Waals surface area contributed by atoms with Crippen molar-refractivity contribution >= 4 is 5.97 Å². The molecule has 0 aliphatic heterocycles. The SMILES string of the molecule is CCOC(=O)C(C)(CN)Cc1c(C)cc(C)cc1C. The lowest BCUT2D eigenvalue weighted by molar-refractivity contribution is -0.153. The van der Waals surface area contributed by atoms with Crippen LogP contribution in [0.5, 0.6) is 0 Å². The standard InChI is InChI=1S/C16H25NO2/c1-6-19-15(18)16(5,10-17)9-14-12(3)7-11(2)8-13(14)4/h7-8H,6,9-10,17H2,1-5H3. The summed E-state index contributed by atoms with van der Waals surface area (Å²) < 4.78 is 5.15. The van der Waals surface area contributed by atoms with Crippen LogP contribution in [0, 0.1) is 26.2 Å². The van der Waals surface area contributed by atoms with E-state index in [4.69, 9.17) is 10.5 Å². The average molecular weight is 263 g/mol. The third-order valence-corrected chi connectivity index (χ3v) is 3.63. The van der Waals surface area contributed by atoms with Gasteiger partial charge in [0.05, 0.1) is 12.0 Å². The van der Waals surface area contributed by atoms with Gasteiger partial charge in [-0.1, -0.05) is 17.7 Å². The van der Waals surface area contributed by atoms with Crippen LogP contribution in [0.2, 0.25) is 0 Å². The zero-order chi connectivity index (χ0) is 14.6. The minimum absolute atomic E-state index is 0.211. The lowest BCUT2D eigenvalue weighted by Gasteiger charge is -2.27. The Kier molecular flexibility index (Phi) is 5.12. The summed E-state index contributed by atoms with van der Waals surface area (Å²) in [6.07, 6.45) is 0.625. The van der Waals surface area contributed by atoms with Crippen LogP contribution in [0.1, 0.15) is 36.1 Å². The predicted molar refractivity (Wildman–Crippen MR) is 78.2 cm³/mol. The highest BCUT2D eigenvalue weighted by Crippen LogP contribution is 2.28. The third kappa shape index (κ3) is 3.57. The maximum atomic E-state index is 12.1. The first-order chi connectivity index (χ1) is 8.84. The van der Waals surface area contributed by atoms with Gasteiger partial charge in [0, 0.05) is 6.54 Å². The molecule has 0 heterocycles. The van der Waals surface area contributed by atoms with E-state index in [1.165, 1.54) is 22.3 Å². The van der Waals surface area contributed by atoms with Gasteiger partial charge in [0.15, 0.2) is 0 Å². The highest BCUT2D eigenvalue weighted by atomic mass is 16.5. The first kappa shape index (κ1) is 15.7. The van der Waals surface area contributed by atoms with Crippen molar-refractivity contribution in [1.29, 1.82) is 0 Å². The lowest BCUT2D eigenvalue weighted by Crippen LogP contribution is -2.39. The molecule has 2 N–H and O–H groups in total. The maximum Gasteiger partial charge on any atom is 0.313 e. The molecular weight excluding hydrogens is 238 g/mol. The fourth-order valence-electron chi connectivity index (χ4n) is 2.41. The van der Waals surface area contributed by atoms with Crippen LogP contribution in [0.25, 0.3) is 0 Å². The minimum Gasteiger partial charge on any atom is -0.466 e. The monoisotopic (exact) mass is 263 g/mol. The van der Waals surface area contributed by atoms with Crippen LogP contribution in [0.15, 0.2) is 12.1 Å². The van der Waals surface area contributed by atoms with Gasteiger partial charge in [0.2, 0.25) is 0 Å². The summed E-state index contributed by atoms with van der Waals surface area (Å²) >= 11 is 0. The molecule has 0 aliphatic rings. The summed E-state index contributed by atoms with van der Waals surface area (Å²) in [7, 11) is 0. The fraction of sp³-hybridized carbons (Fsp3) is 0.562. The van der Waals surface area contributed by atoms with E-state index in [9.17, 15) is 4.79 Å². The summed E-state index contributed by atoms with van der Waals surface area (Å²) in [4.78, 5) is 12.1. The number of aryl methyl sites for hydroxylation is 3. The fourth-order valence-corrected chi connectivity index (χ4v) is 2.41. The number of esters is 1. The molecule has 3 nitrogen and oxygen atoms in total. The van der Waals surface area contributed by atoms with Crippen molar-refractivity contribution in [3.05, 3.63) is 34.4 Å². The Morgan fingerprint density at radius 1 is 1.26 bits per heavy atom. The van der Waals surface area contributed by atoms with Gasteiger partial charge in [-0.25, -0.2) is 0 Å². The van der Waals surface area contributed by atoms with E-state index in [0.29, 0.717) is 19.6 Å². The molecule has 0 amide bonds. The van der Waals surface area contributed by atoms with Crippen molar-refractivity contribution in [2.24, 2.45) is 11.1 Å². The van der Waals surface area contributed by atoms with E-state index in [1.54, 1.807) is 0 Å². The topological polar surface area (TPSA) is 52.3 Å². The van der Waals surface area contributed by atoms with Crippen LogP contribution in [-0.4, -0.2) is 19.1 Å². The summed E-state index contributed by atoms with van der Waals surface area (Å²) in [5.41, 5.74) is 10.0. The number of hydrogen-bond acceptors (Lipinski definition) is 3. The quantitative estimate of drug-likeness (QED) is 0.831. The number of hydrogen-bond donors (Lipinski definition) is 1. The van der Waals surface area contributed by atoms with Crippen molar-refractivity contribution in [1.82, 2.24) is 0 Å². The molecule has 0 spiro atoms. The Morgan fingerprint density at radius 2 is 1.79 bits per heavy atom. The number of carbonyl (C=O) groups excluding carboxylic acids is 1. The molecule has 0 saturated carbocycles. The molecule has 1 atom stereocenters. The van der Waals surface area contributed by atoms with Gasteiger partial charge in [0.1, 0.15) is 0 Å². The maximum absolute atomic E-state index is 12.1. The van der Waals surface area contributed by atoms with Crippen LogP contribution in [0.3, 0.4) is 0 Å². The van der Waals surface area contributed by atoms with Gasteiger partial charge >= 0.3 is 5.97 Å². The molecule has 1 unspecified atom stereocenters. The van der Waals surface area contributed by atoms with Crippen molar-refractivity contribution in [2.45, 2.75) is 41.0 Å². The molecule has 3 heteroatoms. The Balaban J connectivity index is 3.08. The molecule has 106 valence electrons. The normalized spacial score (nSPS) is 14.0. The molecule has 19 heavy (non-hydrogen) atoms. The van der Waals surface area contributed by atoms with E-state index in [2.05, 4.69) is 32.9 Å². The van der Waals surface area contributed by atoms with Crippen molar-refractivity contribution in [3.63, 3.8) is 0 Å². The van der Waals surface area contributed by atoms with Gasteiger partial charge < -0.3 is 10.5 Å². The van der Waals surface area contributed by atoms with Crippen molar-refractivity contribution in [2.75, 3.05) is 13.2 Å². The molecule has 0 fully saturated rings. The molecule has 0 aliphatic carbocycles. The van der Waals surface area contributed by atoms with Crippen molar-refractivity contribution in [3.8, 4) is 0 Å². The molecular formula is C16H25NO2. The van der Waals surface area contributed by atoms with Crippen LogP contribution in [-0.2, 0) is 16.0 Å². The number of rotatable bonds is 5. The Bertz CT molecular complexity index is 445. The molecule has 1 aromatic rings. The second-order valence-electron chi connectivity index (χ2n) is 5.54. The molecule has 0 aromatic heterocycles. The summed E-state index contributed by atoms with van der Waals surface area (Å²) in [5, 5.41) is 0. The van der Waals surface area contributed by atoms with Gasteiger partial charge in [-0.3, -0.25) is 4.79 Å². The molecule has 1 aromatic carbocycles.